The molecule has 0 saturated carbocycles. The van der Waals surface area contributed by atoms with Crippen molar-refractivity contribution in [1.82, 2.24) is 14.9 Å². The van der Waals surface area contributed by atoms with Crippen molar-refractivity contribution in [3.05, 3.63) is 0 Å². The van der Waals surface area contributed by atoms with Crippen molar-refractivity contribution in [3.63, 3.8) is 0 Å². The summed E-state index contributed by atoms with van der Waals surface area (Å²) in [6.07, 6.45) is 2.98. The van der Waals surface area contributed by atoms with Gasteiger partial charge in [-0.05, 0) is 38.5 Å². The van der Waals surface area contributed by atoms with Crippen molar-refractivity contribution in [2.75, 3.05) is 32.9 Å². The van der Waals surface area contributed by atoms with Crippen molar-refractivity contribution >= 4 is 40.0 Å². The molecule has 24 heavy (non-hydrogen) atoms. The van der Waals surface area contributed by atoms with Crippen LogP contribution in [0.3, 0.4) is 0 Å². The highest BCUT2D eigenvalue weighted by Crippen LogP contribution is 2.21. The number of hydrogen-bond acceptors (Lipinski definition) is 3. The molecular formula is C16H37IN4O2S. The number of sulfonamides is 1. The lowest BCUT2D eigenvalue weighted by Crippen LogP contribution is -2.43. The third-order valence-corrected chi connectivity index (χ3v) is 5.58. The molecule has 0 aliphatic heterocycles. The molecule has 0 rings (SSSR count). The number of rotatable bonds is 9. The SMILES string of the molecule is CCS(=O)(=O)N(C)CCCNC(=NC)NC(C)CCC(C)(C)C.I. The van der Waals surface area contributed by atoms with E-state index in [1.807, 2.05) is 0 Å². The zero-order valence-corrected chi connectivity index (χ0v) is 19.5. The smallest absolute Gasteiger partial charge is 0.213 e. The third kappa shape index (κ3) is 12.3. The van der Waals surface area contributed by atoms with Gasteiger partial charge in [-0.25, -0.2) is 12.7 Å². The Balaban J connectivity index is 0. The van der Waals surface area contributed by atoms with Crippen LogP contribution in [-0.2, 0) is 10.0 Å². The molecule has 1 unspecified atom stereocenters. The van der Waals surface area contributed by atoms with Gasteiger partial charge in [-0.1, -0.05) is 20.8 Å². The number of hydrogen-bond donors (Lipinski definition) is 2. The number of nitrogens with zero attached hydrogens (tertiary/aromatic N) is 2. The average Bonchev–Trinajstić information content (AvgIpc) is 2.47. The summed E-state index contributed by atoms with van der Waals surface area (Å²) in [6.45, 7) is 11.7. The molecule has 146 valence electrons. The first-order valence-electron chi connectivity index (χ1n) is 8.43. The Labute approximate surface area is 166 Å². The normalized spacial score (nSPS) is 14.2. The molecule has 0 spiro atoms. The summed E-state index contributed by atoms with van der Waals surface area (Å²) in [4.78, 5) is 4.22. The van der Waals surface area contributed by atoms with E-state index in [0.717, 1.165) is 25.2 Å². The average molecular weight is 476 g/mol. The van der Waals surface area contributed by atoms with E-state index >= 15 is 0 Å². The van der Waals surface area contributed by atoms with Crippen LogP contribution in [0.5, 0.6) is 0 Å². The molecule has 8 heteroatoms. The van der Waals surface area contributed by atoms with Gasteiger partial charge in [0.05, 0.1) is 5.75 Å². The third-order valence-electron chi connectivity index (χ3n) is 3.72. The number of aliphatic imine (C=N–C) groups is 1. The fourth-order valence-corrected chi connectivity index (χ4v) is 2.87. The predicted molar refractivity (Wildman–Crippen MR) is 115 cm³/mol. The Kier molecular flexibility index (Phi) is 13.4. The van der Waals surface area contributed by atoms with Crippen LogP contribution in [0.4, 0.5) is 0 Å². The minimum atomic E-state index is -3.09. The van der Waals surface area contributed by atoms with Gasteiger partial charge < -0.3 is 10.6 Å². The molecule has 0 saturated heterocycles. The van der Waals surface area contributed by atoms with Crippen LogP contribution in [0.15, 0.2) is 4.99 Å². The molecule has 1 atom stereocenters. The molecule has 0 fully saturated rings. The van der Waals surface area contributed by atoms with E-state index in [1.165, 1.54) is 4.31 Å². The maximum Gasteiger partial charge on any atom is 0.213 e. The fraction of sp³-hybridized carbons (Fsp3) is 0.938. The Bertz CT molecular complexity index is 461. The summed E-state index contributed by atoms with van der Waals surface area (Å²) in [5.74, 6) is 0.915. The monoisotopic (exact) mass is 476 g/mol. The number of nitrogens with one attached hydrogen (secondary N) is 2. The van der Waals surface area contributed by atoms with Gasteiger partial charge in [0.2, 0.25) is 10.0 Å². The summed E-state index contributed by atoms with van der Waals surface area (Å²) in [5.41, 5.74) is 0.336. The van der Waals surface area contributed by atoms with Gasteiger partial charge in [0.1, 0.15) is 0 Å². The highest BCUT2D eigenvalue weighted by molar-refractivity contribution is 14.0. The van der Waals surface area contributed by atoms with Crippen LogP contribution in [0.2, 0.25) is 0 Å². The van der Waals surface area contributed by atoms with Crippen molar-refractivity contribution in [2.45, 2.75) is 59.9 Å². The Morgan fingerprint density at radius 3 is 2.33 bits per heavy atom. The molecule has 0 aliphatic carbocycles. The largest absolute Gasteiger partial charge is 0.356 e. The second-order valence-corrected chi connectivity index (χ2v) is 9.58. The lowest BCUT2D eigenvalue weighted by molar-refractivity contribution is 0.346. The van der Waals surface area contributed by atoms with E-state index in [2.05, 4.69) is 43.3 Å². The van der Waals surface area contributed by atoms with E-state index in [4.69, 9.17) is 0 Å². The van der Waals surface area contributed by atoms with Crippen LogP contribution < -0.4 is 10.6 Å². The second kappa shape index (κ2) is 12.3. The van der Waals surface area contributed by atoms with E-state index in [0.29, 0.717) is 24.5 Å². The molecular weight excluding hydrogens is 439 g/mol. The molecule has 0 amide bonds. The lowest BCUT2D eigenvalue weighted by atomic mass is 9.89. The summed E-state index contributed by atoms with van der Waals surface area (Å²) in [7, 11) is 0.290. The van der Waals surface area contributed by atoms with Crippen LogP contribution in [-0.4, -0.2) is 57.7 Å². The molecule has 0 aromatic carbocycles. The Hall–Kier alpha value is -0.0900. The quantitative estimate of drug-likeness (QED) is 0.232. The molecule has 0 radical (unpaired) electrons. The zero-order valence-electron chi connectivity index (χ0n) is 16.3. The van der Waals surface area contributed by atoms with Crippen molar-refractivity contribution < 1.29 is 8.42 Å². The standard InChI is InChI=1S/C16H36N4O2S.HI/c1-8-23(21,22)20(7)13-9-12-18-15(17-6)19-14(2)10-11-16(3,4)5;/h14H,8-13H2,1-7H3,(H2,17,18,19);1H. The molecule has 0 aliphatic rings. The first kappa shape index (κ1) is 26.1. The van der Waals surface area contributed by atoms with Gasteiger partial charge in [-0.3, -0.25) is 4.99 Å². The zero-order chi connectivity index (χ0) is 18.1. The number of halogens is 1. The van der Waals surface area contributed by atoms with Gasteiger partial charge in [0, 0.05) is 33.2 Å². The van der Waals surface area contributed by atoms with Crippen LogP contribution in [0, 0.1) is 5.41 Å². The molecule has 2 N–H and O–H groups in total. The minimum Gasteiger partial charge on any atom is -0.356 e. The van der Waals surface area contributed by atoms with Crippen LogP contribution in [0.1, 0.15) is 53.9 Å². The van der Waals surface area contributed by atoms with E-state index in [1.54, 1.807) is 21.0 Å². The maximum atomic E-state index is 11.7. The minimum absolute atomic E-state index is 0. The molecule has 0 bridgehead atoms. The highest BCUT2D eigenvalue weighted by atomic mass is 127. The first-order valence-corrected chi connectivity index (χ1v) is 10.0. The first-order chi connectivity index (χ1) is 10.5. The topological polar surface area (TPSA) is 73.8 Å². The summed E-state index contributed by atoms with van der Waals surface area (Å²) in [5, 5.41) is 6.62. The van der Waals surface area contributed by atoms with E-state index in [-0.39, 0.29) is 29.7 Å². The van der Waals surface area contributed by atoms with E-state index < -0.39 is 10.0 Å². The van der Waals surface area contributed by atoms with E-state index in [9.17, 15) is 8.42 Å². The molecule has 0 heterocycles. The summed E-state index contributed by atoms with van der Waals surface area (Å²) < 4.78 is 24.7. The highest BCUT2D eigenvalue weighted by Gasteiger charge is 2.15. The second-order valence-electron chi connectivity index (χ2n) is 7.22. The van der Waals surface area contributed by atoms with Crippen molar-refractivity contribution in [1.29, 1.82) is 0 Å². The van der Waals surface area contributed by atoms with Gasteiger partial charge >= 0.3 is 0 Å². The molecule has 6 nitrogen and oxygen atoms in total. The van der Waals surface area contributed by atoms with Gasteiger partial charge in [0.25, 0.3) is 0 Å². The van der Waals surface area contributed by atoms with Gasteiger partial charge in [-0.15, -0.1) is 24.0 Å². The van der Waals surface area contributed by atoms with Crippen LogP contribution >= 0.6 is 24.0 Å². The predicted octanol–water partition coefficient (Wildman–Crippen LogP) is 2.66. The van der Waals surface area contributed by atoms with Crippen molar-refractivity contribution in [2.24, 2.45) is 10.4 Å². The number of guanidine groups is 1. The molecule has 0 aromatic heterocycles. The van der Waals surface area contributed by atoms with Gasteiger partial charge in [0.15, 0.2) is 5.96 Å². The Morgan fingerprint density at radius 2 is 1.88 bits per heavy atom. The fourth-order valence-electron chi connectivity index (χ4n) is 2.02. The molecule has 0 aromatic rings. The van der Waals surface area contributed by atoms with Gasteiger partial charge in [-0.2, -0.15) is 0 Å². The van der Waals surface area contributed by atoms with Crippen LogP contribution in [0.25, 0.3) is 0 Å². The lowest BCUT2D eigenvalue weighted by Gasteiger charge is -2.23. The Morgan fingerprint density at radius 1 is 1.29 bits per heavy atom. The maximum absolute atomic E-state index is 11.7. The summed E-state index contributed by atoms with van der Waals surface area (Å²) >= 11 is 0. The summed E-state index contributed by atoms with van der Waals surface area (Å²) in [6, 6.07) is 0.351. The van der Waals surface area contributed by atoms with Crippen molar-refractivity contribution in [3.8, 4) is 0 Å².